The molecule has 0 fully saturated rings. The summed E-state index contributed by atoms with van der Waals surface area (Å²) in [5.41, 5.74) is 4.08. The van der Waals surface area contributed by atoms with Crippen molar-refractivity contribution < 1.29 is 0 Å². The second kappa shape index (κ2) is 7.71. The van der Waals surface area contributed by atoms with Crippen LogP contribution in [0.25, 0.3) is 0 Å². The Morgan fingerprint density at radius 1 is 1.11 bits per heavy atom. The summed E-state index contributed by atoms with van der Waals surface area (Å²) >= 11 is 0. The molecule has 0 aliphatic rings. The van der Waals surface area contributed by atoms with Gasteiger partial charge < -0.3 is 0 Å². The Balaban J connectivity index is 2.60. The highest BCUT2D eigenvalue weighted by Crippen LogP contribution is 2.21. The second-order valence-corrected chi connectivity index (χ2v) is 4.88. The molecule has 0 aliphatic heterocycles. The van der Waals surface area contributed by atoms with Gasteiger partial charge in [-0.15, -0.1) is 0 Å². The Kier molecular flexibility index (Phi) is 6.21. The molecule has 18 heavy (non-hydrogen) atoms. The standard InChI is InChI=1S/C18H24/c1-5-17(18(6-2)15(3)4)14-10-13-16-11-8-7-9-12-16/h5-9,11-12,15H,1-2,10,13-14H2,3-4H3/b18-17-. The topological polar surface area (TPSA) is 0 Å². The molecule has 0 bridgehead atoms. The molecule has 0 saturated carbocycles. The van der Waals surface area contributed by atoms with Gasteiger partial charge >= 0.3 is 0 Å². The van der Waals surface area contributed by atoms with E-state index in [1.165, 1.54) is 16.7 Å². The van der Waals surface area contributed by atoms with Gasteiger partial charge in [-0.05, 0) is 41.9 Å². The van der Waals surface area contributed by atoms with Crippen molar-refractivity contribution in [3.05, 3.63) is 72.4 Å². The van der Waals surface area contributed by atoms with Crippen LogP contribution in [0.3, 0.4) is 0 Å². The van der Waals surface area contributed by atoms with Crippen molar-refractivity contribution in [2.75, 3.05) is 0 Å². The Labute approximate surface area is 112 Å². The minimum absolute atomic E-state index is 0.521. The zero-order valence-corrected chi connectivity index (χ0v) is 11.7. The fourth-order valence-corrected chi connectivity index (χ4v) is 2.23. The van der Waals surface area contributed by atoms with Gasteiger partial charge in [-0.2, -0.15) is 0 Å². The van der Waals surface area contributed by atoms with Crippen LogP contribution in [0.1, 0.15) is 32.3 Å². The van der Waals surface area contributed by atoms with Crippen molar-refractivity contribution in [2.24, 2.45) is 5.92 Å². The lowest BCUT2D eigenvalue weighted by Crippen LogP contribution is -1.96. The maximum Gasteiger partial charge on any atom is -0.0216 e. The van der Waals surface area contributed by atoms with E-state index in [9.17, 15) is 0 Å². The van der Waals surface area contributed by atoms with Gasteiger partial charge in [-0.25, -0.2) is 0 Å². The number of hydrogen-bond acceptors (Lipinski definition) is 0. The summed E-state index contributed by atoms with van der Waals surface area (Å²) in [5, 5.41) is 0. The van der Waals surface area contributed by atoms with Crippen LogP contribution in [-0.2, 0) is 6.42 Å². The molecule has 0 saturated heterocycles. The molecule has 0 aliphatic carbocycles. The summed E-state index contributed by atoms with van der Waals surface area (Å²) in [4.78, 5) is 0. The number of aryl methyl sites for hydroxylation is 1. The van der Waals surface area contributed by atoms with Crippen LogP contribution in [-0.4, -0.2) is 0 Å². The summed E-state index contributed by atoms with van der Waals surface area (Å²) in [6, 6.07) is 10.6. The van der Waals surface area contributed by atoms with E-state index in [-0.39, 0.29) is 0 Å². The first-order valence-electron chi connectivity index (χ1n) is 6.71. The molecular weight excluding hydrogens is 216 g/mol. The minimum atomic E-state index is 0.521. The highest BCUT2D eigenvalue weighted by atomic mass is 14.1. The van der Waals surface area contributed by atoms with Crippen molar-refractivity contribution in [3.63, 3.8) is 0 Å². The Morgan fingerprint density at radius 2 is 1.78 bits per heavy atom. The fourth-order valence-electron chi connectivity index (χ4n) is 2.23. The maximum absolute atomic E-state index is 3.93. The molecule has 0 radical (unpaired) electrons. The van der Waals surface area contributed by atoms with Crippen molar-refractivity contribution in [2.45, 2.75) is 33.1 Å². The predicted octanol–water partition coefficient (Wildman–Crippen LogP) is 5.33. The smallest absolute Gasteiger partial charge is 0.0216 e. The van der Waals surface area contributed by atoms with Crippen LogP contribution < -0.4 is 0 Å². The monoisotopic (exact) mass is 240 g/mol. The molecule has 1 rings (SSSR count). The van der Waals surface area contributed by atoms with Gasteiger partial charge in [0, 0.05) is 0 Å². The summed E-state index contributed by atoms with van der Waals surface area (Å²) < 4.78 is 0. The van der Waals surface area contributed by atoms with Crippen LogP contribution in [0.2, 0.25) is 0 Å². The SMILES string of the molecule is C=C/C(CCCc1ccccc1)=C(\C=C)C(C)C. The number of benzene rings is 1. The lowest BCUT2D eigenvalue weighted by atomic mass is 9.93. The third-order valence-corrected chi connectivity index (χ3v) is 3.21. The van der Waals surface area contributed by atoms with E-state index in [1.807, 2.05) is 12.2 Å². The van der Waals surface area contributed by atoms with E-state index in [0.717, 1.165) is 19.3 Å². The molecule has 96 valence electrons. The van der Waals surface area contributed by atoms with E-state index < -0.39 is 0 Å². The first-order valence-corrected chi connectivity index (χ1v) is 6.71. The van der Waals surface area contributed by atoms with E-state index in [0.29, 0.717) is 5.92 Å². The fraction of sp³-hybridized carbons (Fsp3) is 0.333. The van der Waals surface area contributed by atoms with Gasteiger partial charge in [0.1, 0.15) is 0 Å². The molecule has 0 heterocycles. The van der Waals surface area contributed by atoms with E-state index in [1.54, 1.807) is 0 Å². The van der Waals surface area contributed by atoms with Gasteiger partial charge in [-0.1, -0.05) is 69.5 Å². The van der Waals surface area contributed by atoms with Crippen LogP contribution in [0.5, 0.6) is 0 Å². The van der Waals surface area contributed by atoms with Crippen molar-refractivity contribution in [1.29, 1.82) is 0 Å². The van der Waals surface area contributed by atoms with Gasteiger partial charge in [0.15, 0.2) is 0 Å². The maximum atomic E-state index is 3.93. The molecule has 0 aromatic heterocycles. The summed E-state index contributed by atoms with van der Waals surface area (Å²) in [5.74, 6) is 0.521. The van der Waals surface area contributed by atoms with Crippen molar-refractivity contribution in [1.82, 2.24) is 0 Å². The third-order valence-electron chi connectivity index (χ3n) is 3.21. The quantitative estimate of drug-likeness (QED) is 0.565. The van der Waals surface area contributed by atoms with Crippen molar-refractivity contribution >= 4 is 0 Å². The highest BCUT2D eigenvalue weighted by molar-refractivity contribution is 5.32. The number of rotatable bonds is 7. The van der Waals surface area contributed by atoms with E-state index in [2.05, 4.69) is 57.3 Å². The lowest BCUT2D eigenvalue weighted by Gasteiger charge is -2.12. The molecule has 0 spiro atoms. The second-order valence-electron chi connectivity index (χ2n) is 4.88. The van der Waals surface area contributed by atoms with Gasteiger partial charge in [0.2, 0.25) is 0 Å². The molecule has 0 atom stereocenters. The van der Waals surface area contributed by atoms with Gasteiger partial charge in [0.25, 0.3) is 0 Å². The van der Waals surface area contributed by atoms with Crippen LogP contribution in [0.4, 0.5) is 0 Å². The summed E-state index contributed by atoms with van der Waals surface area (Å²) in [6.07, 6.45) is 7.33. The molecule has 0 unspecified atom stereocenters. The van der Waals surface area contributed by atoms with Crippen molar-refractivity contribution in [3.8, 4) is 0 Å². The molecular formula is C18H24. The molecule has 0 N–H and O–H groups in total. The van der Waals surface area contributed by atoms with Gasteiger partial charge in [-0.3, -0.25) is 0 Å². The highest BCUT2D eigenvalue weighted by Gasteiger charge is 2.05. The van der Waals surface area contributed by atoms with Crippen LogP contribution in [0, 0.1) is 5.92 Å². The van der Waals surface area contributed by atoms with Crippen LogP contribution >= 0.6 is 0 Å². The molecule has 0 heteroatoms. The normalized spacial score (nSPS) is 12.2. The predicted molar refractivity (Wildman–Crippen MR) is 81.6 cm³/mol. The summed E-state index contributed by atoms with van der Waals surface area (Å²) in [6.45, 7) is 12.3. The molecule has 0 nitrogen and oxygen atoms in total. The molecule has 1 aromatic rings. The number of hydrogen-bond donors (Lipinski definition) is 0. The lowest BCUT2D eigenvalue weighted by molar-refractivity contribution is 0.754. The van der Waals surface area contributed by atoms with E-state index >= 15 is 0 Å². The van der Waals surface area contributed by atoms with Gasteiger partial charge in [0.05, 0.1) is 0 Å². The number of allylic oxidation sites excluding steroid dienone is 4. The first-order chi connectivity index (χ1) is 8.69. The molecule has 0 amide bonds. The Morgan fingerprint density at radius 3 is 2.28 bits per heavy atom. The minimum Gasteiger partial charge on any atom is -0.0988 e. The van der Waals surface area contributed by atoms with Crippen LogP contribution in [0.15, 0.2) is 66.8 Å². The zero-order chi connectivity index (χ0) is 13.4. The third kappa shape index (κ3) is 4.37. The zero-order valence-electron chi connectivity index (χ0n) is 11.7. The Hall–Kier alpha value is -1.56. The first kappa shape index (κ1) is 14.5. The summed E-state index contributed by atoms with van der Waals surface area (Å²) in [7, 11) is 0. The average molecular weight is 240 g/mol. The Bertz CT molecular complexity index is 407. The average Bonchev–Trinajstić information content (AvgIpc) is 2.38. The van der Waals surface area contributed by atoms with E-state index in [4.69, 9.17) is 0 Å². The molecule has 1 aromatic carbocycles. The largest absolute Gasteiger partial charge is 0.0988 e.